The molecule has 0 spiro atoms. The van der Waals surface area contributed by atoms with Gasteiger partial charge < -0.3 is 10.1 Å². The van der Waals surface area contributed by atoms with Gasteiger partial charge in [-0.25, -0.2) is 8.78 Å². The first-order valence-electron chi connectivity index (χ1n) is 6.59. The summed E-state index contributed by atoms with van der Waals surface area (Å²) < 4.78 is 31.0. The molecule has 0 fully saturated rings. The van der Waals surface area contributed by atoms with Crippen LogP contribution in [0.4, 0.5) is 8.78 Å². The number of hydrogen-bond acceptors (Lipinski definition) is 3. The molecule has 0 bridgehead atoms. The minimum atomic E-state index is -1.20. The zero-order valence-electron chi connectivity index (χ0n) is 11.8. The van der Waals surface area contributed by atoms with Crippen LogP contribution in [0.15, 0.2) is 42.5 Å². The zero-order chi connectivity index (χ0) is 16.8. The van der Waals surface area contributed by atoms with E-state index in [0.29, 0.717) is 12.1 Å². The third kappa shape index (κ3) is 4.75. The van der Waals surface area contributed by atoms with Crippen molar-refractivity contribution in [3.05, 3.63) is 70.2 Å². The summed E-state index contributed by atoms with van der Waals surface area (Å²) in [5, 5.41) is 1.98. The predicted octanol–water partition coefficient (Wildman–Crippen LogP) is 3.09. The van der Waals surface area contributed by atoms with Gasteiger partial charge in [-0.15, -0.1) is 0 Å². The Labute approximate surface area is 136 Å². The highest BCUT2D eigenvalue weighted by molar-refractivity contribution is 6.33. The summed E-state index contributed by atoms with van der Waals surface area (Å²) in [6.45, 7) is -0.345. The van der Waals surface area contributed by atoms with Crippen LogP contribution in [0.25, 0.3) is 0 Å². The topological polar surface area (TPSA) is 55.4 Å². The highest BCUT2D eigenvalue weighted by Gasteiger charge is 2.16. The molecule has 1 amide bonds. The Morgan fingerprint density at radius 3 is 2.43 bits per heavy atom. The normalized spacial score (nSPS) is 10.2. The Balaban J connectivity index is 1.87. The lowest BCUT2D eigenvalue weighted by atomic mass is 10.2. The first-order valence-corrected chi connectivity index (χ1v) is 6.97. The number of carbonyl (C=O) groups excluding carboxylic acids is 2. The second-order valence-electron chi connectivity index (χ2n) is 4.58. The monoisotopic (exact) mass is 339 g/mol. The molecule has 0 unspecified atom stereocenters. The molecule has 2 aromatic rings. The molecule has 7 heteroatoms. The molecule has 0 aliphatic carbocycles. The minimum absolute atomic E-state index is 0.0709. The largest absolute Gasteiger partial charge is 0.460 e. The fourth-order valence-electron chi connectivity index (χ4n) is 1.73. The number of ether oxygens (including phenoxy) is 1. The quantitative estimate of drug-likeness (QED) is 0.672. The second-order valence-corrected chi connectivity index (χ2v) is 4.98. The molecule has 0 aliphatic heterocycles. The minimum Gasteiger partial charge on any atom is -0.460 e. The smallest absolute Gasteiger partial charge is 0.325 e. The molecule has 120 valence electrons. The summed E-state index contributed by atoms with van der Waals surface area (Å²) in [4.78, 5) is 23.4. The van der Waals surface area contributed by atoms with Gasteiger partial charge in [0, 0.05) is 0 Å². The highest BCUT2D eigenvalue weighted by Crippen LogP contribution is 2.19. The summed E-state index contributed by atoms with van der Waals surface area (Å²) in [7, 11) is 0. The van der Waals surface area contributed by atoms with Gasteiger partial charge in [-0.2, -0.15) is 0 Å². The van der Waals surface area contributed by atoms with E-state index in [-0.39, 0.29) is 17.2 Å². The first kappa shape index (κ1) is 16.9. The number of carbonyl (C=O) groups is 2. The van der Waals surface area contributed by atoms with Crippen LogP contribution in [0, 0.1) is 11.6 Å². The number of benzene rings is 2. The van der Waals surface area contributed by atoms with Gasteiger partial charge in [0.15, 0.2) is 11.6 Å². The summed E-state index contributed by atoms with van der Waals surface area (Å²) >= 11 is 5.67. The highest BCUT2D eigenvalue weighted by atomic mass is 35.5. The Morgan fingerprint density at radius 2 is 1.74 bits per heavy atom. The Hall–Kier alpha value is -2.47. The van der Waals surface area contributed by atoms with Crippen molar-refractivity contribution in [2.24, 2.45) is 0 Å². The van der Waals surface area contributed by atoms with E-state index >= 15 is 0 Å². The van der Waals surface area contributed by atoms with Crippen LogP contribution in [0.1, 0.15) is 15.9 Å². The fraction of sp³-hybridized carbons (Fsp3) is 0.125. The average Bonchev–Trinajstić information content (AvgIpc) is 2.55. The van der Waals surface area contributed by atoms with Crippen molar-refractivity contribution in [3.8, 4) is 0 Å². The van der Waals surface area contributed by atoms with E-state index in [2.05, 4.69) is 5.32 Å². The molecule has 0 aliphatic rings. The Kier molecular flexibility index (Phi) is 5.65. The van der Waals surface area contributed by atoms with Crippen LogP contribution in [0.2, 0.25) is 5.02 Å². The summed E-state index contributed by atoms with van der Waals surface area (Å²) in [6.07, 6.45) is 0. The number of amides is 1. The van der Waals surface area contributed by atoms with E-state index in [9.17, 15) is 18.4 Å². The van der Waals surface area contributed by atoms with Gasteiger partial charge in [0.1, 0.15) is 13.2 Å². The fourth-order valence-corrected chi connectivity index (χ4v) is 1.97. The van der Waals surface area contributed by atoms with Crippen LogP contribution >= 0.6 is 11.6 Å². The van der Waals surface area contributed by atoms with Crippen molar-refractivity contribution in [2.75, 3.05) is 6.54 Å². The molecule has 23 heavy (non-hydrogen) atoms. The van der Waals surface area contributed by atoms with E-state index in [1.165, 1.54) is 0 Å². The van der Waals surface area contributed by atoms with Gasteiger partial charge in [0.25, 0.3) is 5.91 Å². The van der Waals surface area contributed by atoms with E-state index in [1.54, 1.807) is 24.3 Å². The number of rotatable bonds is 5. The van der Waals surface area contributed by atoms with E-state index in [1.807, 2.05) is 6.07 Å². The van der Waals surface area contributed by atoms with Crippen molar-refractivity contribution in [2.45, 2.75) is 6.61 Å². The van der Waals surface area contributed by atoms with E-state index in [4.69, 9.17) is 16.3 Å². The van der Waals surface area contributed by atoms with Crippen LogP contribution in [-0.4, -0.2) is 18.4 Å². The maximum Gasteiger partial charge on any atom is 0.325 e. The van der Waals surface area contributed by atoms with Gasteiger partial charge in [-0.05, 0) is 17.7 Å². The molecule has 0 aromatic heterocycles. The maximum atomic E-state index is 13.1. The molecular weight excluding hydrogens is 328 g/mol. The standard InChI is InChI=1S/C16H12ClF2NO3/c17-12-7-14(19)13(18)6-11(12)16(22)20-8-15(21)23-9-10-4-2-1-3-5-10/h1-7H,8-9H2,(H,20,22). The third-order valence-corrected chi connectivity index (χ3v) is 3.20. The number of halogens is 3. The van der Waals surface area contributed by atoms with Gasteiger partial charge >= 0.3 is 5.97 Å². The van der Waals surface area contributed by atoms with Gasteiger partial charge in [0.05, 0.1) is 10.6 Å². The van der Waals surface area contributed by atoms with Crippen LogP contribution < -0.4 is 5.32 Å². The number of esters is 1. The molecule has 0 radical (unpaired) electrons. The Morgan fingerprint density at radius 1 is 1.09 bits per heavy atom. The van der Waals surface area contributed by atoms with Crippen molar-refractivity contribution in [1.82, 2.24) is 5.32 Å². The van der Waals surface area contributed by atoms with Crippen molar-refractivity contribution in [1.29, 1.82) is 0 Å². The number of hydrogen-bond donors (Lipinski definition) is 1. The molecule has 1 N–H and O–H groups in total. The maximum absolute atomic E-state index is 13.1. The van der Waals surface area contributed by atoms with E-state index < -0.39 is 30.1 Å². The molecule has 4 nitrogen and oxygen atoms in total. The van der Waals surface area contributed by atoms with Crippen LogP contribution in [-0.2, 0) is 16.1 Å². The molecule has 2 aromatic carbocycles. The van der Waals surface area contributed by atoms with Crippen molar-refractivity contribution < 1.29 is 23.1 Å². The molecular formula is C16H12ClF2NO3. The van der Waals surface area contributed by atoms with Crippen LogP contribution in [0.3, 0.4) is 0 Å². The zero-order valence-corrected chi connectivity index (χ0v) is 12.6. The summed E-state index contributed by atoms with van der Waals surface area (Å²) in [5.41, 5.74) is 0.539. The first-order chi connectivity index (χ1) is 11.0. The lowest BCUT2D eigenvalue weighted by molar-refractivity contribution is -0.143. The predicted molar refractivity (Wildman–Crippen MR) is 79.9 cm³/mol. The average molecular weight is 340 g/mol. The third-order valence-electron chi connectivity index (χ3n) is 2.89. The molecule has 0 atom stereocenters. The van der Waals surface area contributed by atoms with Gasteiger partial charge in [-0.1, -0.05) is 41.9 Å². The van der Waals surface area contributed by atoms with Crippen molar-refractivity contribution >= 4 is 23.5 Å². The van der Waals surface area contributed by atoms with E-state index in [0.717, 1.165) is 5.56 Å². The lowest BCUT2D eigenvalue weighted by Crippen LogP contribution is -2.30. The summed E-state index contributed by atoms with van der Waals surface area (Å²) in [5.74, 6) is -3.83. The van der Waals surface area contributed by atoms with Gasteiger partial charge in [0.2, 0.25) is 0 Å². The Bertz CT molecular complexity index is 723. The SMILES string of the molecule is O=C(CNC(=O)c1cc(F)c(F)cc1Cl)OCc1ccccc1. The van der Waals surface area contributed by atoms with Crippen molar-refractivity contribution in [3.63, 3.8) is 0 Å². The molecule has 0 heterocycles. The molecule has 2 rings (SSSR count). The second kappa shape index (κ2) is 7.69. The summed E-state index contributed by atoms with van der Waals surface area (Å²) in [6, 6.07) is 10.4. The molecule has 0 saturated heterocycles. The lowest BCUT2D eigenvalue weighted by Gasteiger charge is -2.08. The van der Waals surface area contributed by atoms with Gasteiger partial charge in [-0.3, -0.25) is 9.59 Å². The molecule has 0 saturated carbocycles. The number of nitrogens with one attached hydrogen (secondary N) is 1. The van der Waals surface area contributed by atoms with Crippen LogP contribution in [0.5, 0.6) is 0 Å².